The van der Waals surface area contributed by atoms with Crippen molar-refractivity contribution in [2.45, 2.75) is 25.7 Å². The fraction of sp³-hybridized carbons (Fsp3) is 0.333. The Morgan fingerprint density at radius 3 is 2.64 bits per heavy atom. The lowest BCUT2D eigenvalue weighted by Gasteiger charge is -2.09. The molecule has 1 aromatic heterocycles. The molecular weight excluding hydrogens is 286 g/mol. The van der Waals surface area contributed by atoms with Gasteiger partial charge >= 0.3 is 0 Å². The summed E-state index contributed by atoms with van der Waals surface area (Å²) in [5.41, 5.74) is 0.593. The van der Waals surface area contributed by atoms with Crippen LogP contribution in [0.3, 0.4) is 0 Å². The van der Waals surface area contributed by atoms with Crippen molar-refractivity contribution in [2.24, 2.45) is 0 Å². The summed E-state index contributed by atoms with van der Waals surface area (Å²) in [6.07, 6.45) is 3.60. The molecule has 0 bridgehead atoms. The van der Waals surface area contributed by atoms with Gasteiger partial charge in [0, 0.05) is 17.9 Å². The summed E-state index contributed by atoms with van der Waals surface area (Å²) in [7, 11) is 0. The number of aromatic carboxylic acids is 1. The lowest BCUT2D eigenvalue weighted by molar-refractivity contribution is -0.305. The van der Waals surface area contributed by atoms with Gasteiger partial charge in [0.1, 0.15) is 12.1 Å². The first-order valence-corrected chi connectivity index (χ1v) is 6.98. The number of carbonyl (C=O) groups excluding carboxylic acids is 2. The Morgan fingerprint density at radius 2 is 1.91 bits per heavy atom. The predicted octanol–water partition coefficient (Wildman–Crippen LogP) is -0.285. The number of carboxylic acid groups (broad SMARTS) is 2. The number of anilines is 1. The fourth-order valence-electron chi connectivity index (χ4n) is 2.10. The van der Waals surface area contributed by atoms with Crippen LogP contribution in [0.1, 0.15) is 36.0 Å². The number of fused-ring (bicyclic) bond motifs is 1. The number of unbranched alkanes of at least 4 members (excludes halogenated alkanes) is 2. The molecular formula is C15H15N3O4-2. The molecule has 116 valence electrons. The van der Waals surface area contributed by atoms with E-state index in [0.717, 1.165) is 18.2 Å². The number of carbonyl (C=O) groups is 2. The maximum absolute atomic E-state index is 10.8. The van der Waals surface area contributed by atoms with Crippen LogP contribution in [0.25, 0.3) is 10.9 Å². The van der Waals surface area contributed by atoms with Gasteiger partial charge in [-0.05, 0) is 37.0 Å². The zero-order valence-corrected chi connectivity index (χ0v) is 11.9. The van der Waals surface area contributed by atoms with E-state index >= 15 is 0 Å². The third kappa shape index (κ3) is 4.15. The molecule has 0 fully saturated rings. The average Bonchev–Trinajstić information content (AvgIpc) is 2.49. The largest absolute Gasteiger partial charge is 0.550 e. The summed E-state index contributed by atoms with van der Waals surface area (Å²) in [4.78, 5) is 29.3. The van der Waals surface area contributed by atoms with Gasteiger partial charge in [0.15, 0.2) is 0 Å². The first-order chi connectivity index (χ1) is 10.6. The number of hydrogen-bond acceptors (Lipinski definition) is 7. The quantitative estimate of drug-likeness (QED) is 0.666. The Morgan fingerprint density at radius 1 is 1.09 bits per heavy atom. The van der Waals surface area contributed by atoms with Gasteiger partial charge in [-0.2, -0.15) is 0 Å². The van der Waals surface area contributed by atoms with Gasteiger partial charge in [-0.25, -0.2) is 9.97 Å². The fourth-order valence-corrected chi connectivity index (χ4v) is 2.10. The number of carboxylic acids is 2. The maximum Gasteiger partial charge on any atom is 0.137 e. The first-order valence-electron chi connectivity index (χ1n) is 6.98. The Labute approximate surface area is 127 Å². The second-order valence-electron chi connectivity index (χ2n) is 4.85. The van der Waals surface area contributed by atoms with Gasteiger partial charge < -0.3 is 25.1 Å². The van der Waals surface area contributed by atoms with E-state index < -0.39 is 11.9 Å². The summed E-state index contributed by atoms with van der Waals surface area (Å²) < 4.78 is 0. The minimum absolute atomic E-state index is 0.0689. The van der Waals surface area contributed by atoms with E-state index in [1.165, 1.54) is 18.5 Å². The summed E-state index contributed by atoms with van der Waals surface area (Å²) in [5, 5.41) is 25.0. The van der Waals surface area contributed by atoms with Crippen LogP contribution in [0.2, 0.25) is 0 Å². The standard InChI is InChI=1S/C15H17N3O4/c19-13(20)4-2-1-3-7-16-14-11-6-5-10(15(21)22)8-12(11)17-9-18-14/h5-6,8-9H,1-4,7H2,(H,19,20)(H,21,22)(H,16,17,18)/p-2. The van der Waals surface area contributed by atoms with Crippen molar-refractivity contribution in [2.75, 3.05) is 11.9 Å². The Kier molecular flexibility index (Phi) is 5.24. The minimum Gasteiger partial charge on any atom is -0.550 e. The molecule has 0 aliphatic carbocycles. The second kappa shape index (κ2) is 7.35. The third-order valence-corrected chi connectivity index (χ3v) is 3.22. The van der Waals surface area contributed by atoms with Gasteiger partial charge in [0.2, 0.25) is 0 Å². The van der Waals surface area contributed by atoms with E-state index in [1.807, 2.05) is 0 Å². The van der Waals surface area contributed by atoms with E-state index in [4.69, 9.17) is 0 Å². The van der Waals surface area contributed by atoms with Crippen LogP contribution in [0.4, 0.5) is 5.82 Å². The molecule has 0 aliphatic heterocycles. The highest BCUT2D eigenvalue weighted by Gasteiger charge is 2.04. The van der Waals surface area contributed by atoms with E-state index in [1.54, 1.807) is 6.07 Å². The zero-order chi connectivity index (χ0) is 15.9. The van der Waals surface area contributed by atoms with Crippen LogP contribution in [-0.4, -0.2) is 28.5 Å². The van der Waals surface area contributed by atoms with Gasteiger partial charge in [-0.15, -0.1) is 0 Å². The Bertz CT molecular complexity index is 688. The van der Waals surface area contributed by atoms with Crippen molar-refractivity contribution in [1.29, 1.82) is 0 Å². The Hall–Kier alpha value is -2.70. The molecule has 0 radical (unpaired) electrons. The molecule has 7 nitrogen and oxygen atoms in total. The van der Waals surface area contributed by atoms with Crippen LogP contribution >= 0.6 is 0 Å². The lowest BCUT2D eigenvalue weighted by Crippen LogP contribution is -2.22. The summed E-state index contributed by atoms with van der Waals surface area (Å²) in [6, 6.07) is 4.53. The molecule has 2 rings (SSSR count). The highest BCUT2D eigenvalue weighted by molar-refractivity contribution is 5.95. The van der Waals surface area contributed by atoms with Crippen molar-refractivity contribution < 1.29 is 19.8 Å². The second-order valence-corrected chi connectivity index (χ2v) is 4.85. The highest BCUT2D eigenvalue weighted by atomic mass is 16.4. The SMILES string of the molecule is O=C([O-])CCCCCNc1ncnc2cc(C(=O)[O-])ccc12. The van der Waals surface area contributed by atoms with E-state index in [2.05, 4.69) is 15.3 Å². The monoisotopic (exact) mass is 301 g/mol. The molecule has 1 heterocycles. The van der Waals surface area contributed by atoms with Gasteiger partial charge in [-0.1, -0.05) is 12.5 Å². The zero-order valence-electron chi connectivity index (χ0n) is 11.9. The maximum atomic E-state index is 10.8. The molecule has 0 aliphatic rings. The highest BCUT2D eigenvalue weighted by Crippen LogP contribution is 2.20. The van der Waals surface area contributed by atoms with Crippen molar-refractivity contribution in [3.05, 3.63) is 30.1 Å². The molecule has 1 aromatic carbocycles. The molecule has 2 aromatic rings. The topological polar surface area (TPSA) is 118 Å². The van der Waals surface area contributed by atoms with E-state index in [9.17, 15) is 19.8 Å². The molecule has 0 spiro atoms. The summed E-state index contributed by atoms with van der Waals surface area (Å²) in [6.45, 7) is 0.640. The van der Waals surface area contributed by atoms with Crippen molar-refractivity contribution in [3.63, 3.8) is 0 Å². The molecule has 7 heteroatoms. The number of hydrogen-bond donors (Lipinski definition) is 1. The molecule has 1 N–H and O–H groups in total. The van der Waals surface area contributed by atoms with E-state index in [0.29, 0.717) is 24.3 Å². The number of nitrogens with zero attached hydrogens (tertiary/aromatic N) is 2. The third-order valence-electron chi connectivity index (χ3n) is 3.22. The molecule has 0 atom stereocenters. The number of aliphatic carboxylic acids is 1. The van der Waals surface area contributed by atoms with Crippen LogP contribution in [0, 0.1) is 0 Å². The van der Waals surface area contributed by atoms with Gasteiger partial charge in [0.05, 0.1) is 11.5 Å². The van der Waals surface area contributed by atoms with E-state index in [-0.39, 0.29) is 12.0 Å². The van der Waals surface area contributed by atoms with Crippen LogP contribution in [0.5, 0.6) is 0 Å². The Balaban J connectivity index is 1.96. The van der Waals surface area contributed by atoms with Crippen molar-refractivity contribution in [3.8, 4) is 0 Å². The van der Waals surface area contributed by atoms with Crippen LogP contribution in [-0.2, 0) is 4.79 Å². The van der Waals surface area contributed by atoms with Crippen molar-refractivity contribution >= 4 is 28.7 Å². The molecule has 22 heavy (non-hydrogen) atoms. The van der Waals surface area contributed by atoms with Crippen LogP contribution < -0.4 is 15.5 Å². The normalized spacial score (nSPS) is 10.5. The first kappa shape index (κ1) is 15.7. The number of rotatable bonds is 8. The predicted molar refractivity (Wildman–Crippen MR) is 75.8 cm³/mol. The molecule has 0 amide bonds. The molecule has 0 saturated carbocycles. The number of benzene rings is 1. The average molecular weight is 301 g/mol. The minimum atomic E-state index is -1.25. The molecule has 0 unspecified atom stereocenters. The number of nitrogens with one attached hydrogen (secondary N) is 1. The summed E-state index contributed by atoms with van der Waals surface area (Å²) in [5.74, 6) is -1.66. The van der Waals surface area contributed by atoms with Crippen molar-refractivity contribution in [1.82, 2.24) is 9.97 Å². The lowest BCUT2D eigenvalue weighted by atomic mass is 10.1. The molecule has 0 saturated heterocycles. The van der Waals surface area contributed by atoms with Gasteiger partial charge in [0.25, 0.3) is 0 Å². The summed E-state index contributed by atoms with van der Waals surface area (Å²) >= 11 is 0. The van der Waals surface area contributed by atoms with Gasteiger partial charge in [-0.3, -0.25) is 0 Å². The van der Waals surface area contributed by atoms with Crippen LogP contribution in [0.15, 0.2) is 24.5 Å². The smallest absolute Gasteiger partial charge is 0.137 e. The number of aromatic nitrogens is 2.